The number of terminal acetylenes is 1. The van der Waals surface area contributed by atoms with E-state index in [-0.39, 0.29) is 16.6 Å². The largest absolute Gasteiger partial charge is 0.478 e. The first-order chi connectivity index (χ1) is 8.93. The van der Waals surface area contributed by atoms with Gasteiger partial charge in [0, 0.05) is 18.2 Å². The lowest BCUT2D eigenvalue weighted by atomic mass is 10.2. The van der Waals surface area contributed by atoms with Crippen molar-refractivity contribution in [1.29, 1.82) is 0 Å². The number of halogens is 1. The Morgan fingerprint density at radius 2 is 2.21 bits per heavy atom. The van der Waals surface area contributed by atoms with Crippen molar-refractivity contribution in [3.05, 3.63) is 28.8 Å². The van der Waals surface area contributed by atoms with E-state index in [1.807, 2.05) is 0 Å². The van der Waals surface area contributed by atoms with E-state index in [9.17, 15) is 9.59 Å². The summed E-state index contributed by atoms with van der Waals surface area (Å²) in [6, 6.07) is 3.58. The van der Waals surface area contributed by atoms with Gasteiger partial charge in [0.25, 0.3) is 0 Å². The van der Waals surface area contributed by atoms with Gasteiger partial charge in [0.1, 0.15) is 0 Å². The van der Waals surface area contributed by atoms with Crippen molar-refractivity contribution in [2.45, 2.75) is 19.4 Å². The molecule has 1 aromatic carbocycles. The van der Waals surface area contributed by atoms with Gasteiger partial charge >= 0.3 is 12.0 Å². The number of nitrogens with one attached hydrogen (secondary N) is 2. The summed E-state index contributed by atoms with van der Waals surface area (Å²) in [5.41, 5.74) is 0.267. The molecule has 100 valence electrons. The van der Waals surface area contributed by atoms with Gasteiger partial charge in [-0.25, -0.2) is 9.59 Å². The first kappa shape index (κ1) is 14.9. The first-order valence-electron chi connectivity index (χ1n) is 5.48. The molecule has 0 spiro atoms. The lowest BCUT2D eigenvalue weighted by Gasteiger charge is -2.12. The van der Waals surface area contributed by atoms with Crippen LogP contribution in [0.4, 0.5) is 10.5 Å². The standard InChI is InChI=1S/C13H13ClN2O3/c1-3-4-8(2)15-13(19)16-9-5-6-11(14)10(7-9)12(17)18/h1,5-8H,4H2,2H3,(H,17,18)(H2,15,16,19). The highest BCUT2D eigenvalue weighted by Gasteiger charge is 2.11. The highest BCUT2D eigenvalue weighted by molar-refractivity contribution is 6.33. The van der Waals surface area contributed by atoms with Crippen molar-refractivity contribution < 1.29 is 14.7 Å². The molecule has 3 N–H and O–H groups in total. The van der Waals surface area contributed by atoms with Crippen LogP contribution in [0, 0.1) is 12.3 Å². The number of amides is 2. The molecule has 2 amide bonds. The SMILES string of the molecule is C#CCC(C)NC(=O)Nc1ccc(Cl)c(C(=O)O)c1. The molecular formula is C13H13ClN2O3. The van der Waals surface area contributed by atoms with E-state index in [1.165, 1.54) is 18.2 Å². The fourth-order valence-corrected chi connectivity index (χ4v) is 1.58. The summed E-state index contributed by atoms with van der Waals surface area (Å²) < 4.78 is 0. The van der Waals surface area contributed by atoms with E-state index in [0.717, 1.165) is 0 Å². The number of aromatic carboxylic acids is 1. The Balaban J connectivity index is 2.73. The Labute approximate surface area is 116 Å². The number of rotatable bonds is 4. The number of anilines is 1. The van der Waals surface area contributed by atoms with Gasteiger partial charge in [0.05, 0.1) is 10.6 Å². The molecule has 1 rings (SSSR count). The molecule has 0 aliphatic heterocycles. The molecule has 1 unspecified atom stereocenters. The minimum absolute atomic E-state index is 0.0730. The second-order valence-electron chi connectivity index (χ2n) is 3.91. The predicted molar refractivity (Wildman–Crippen MR) is 73.5 cm³/mol. The predicted octanol–water partition coefficient (Wildman–Crippen LogP) is 2.57. The Hall–Kier alpha value is -2.19. The Morgan fingerprint density at radius 3 is 2.79 bits per heavy atom. The number of carboxylic acids is 1. The summed E-state index contributed by atoms with van der Waals surface area (Å²) in [5, 5.41) is 14.1. The van der Waals surface area contributed by atoms with Gasteiger partial charge in [-0.1, -0.05) is 11.6 Å². The normalized spacial score (nSPS) is 11.2. The third-order valence-electron chi connectivity index (χ3n) is 2.26. The maximum Gasteiger partial charge on any atom is 0.337 e. The lowest BCUT2D eigenvalue weighted by molar-refractivity contribution is 0.0697. The number of carbonyl (C=O) groups is 2. The first-order valence-corrected chi connectivity index (χ1v) is 5.85. The molecule has 0 aliphatic carbocycles. The Morgan fingerprint density at radius 1 is 1.53 bits per heavy atom. The molecule has 1 aromatic rings. The van der Waals surface area contributed by atoms with Crippen LogP contribution in [0.2, 0.25) is 5.02 Å². The van der Waals surface area contributed by atoms with Gasteiger partial charge in [-0.05, 0) is 25.1 Å². The van der Waals surface area contributed by atoms with E-state index in [2.05, 4.69) is 16.6 Å². The second kappa shape index (κ2) is 6.66. The fraction of sp³-hybridized carbons (Fsp3) is 0.231. The molecule has 6 heteroatoms. The second-order valence-corrected chi connectivity index (χ2v) is 4.31. The van der Waals surface area contributed by atoms with E-state index in [1.54, 1.807) is 6.92 Å². The maximum absolute atomic E-state index is 11.6. The summed E-state index contributed by atoms with van der Waals surface area (Å²) >= 11 is 5.72. The van der Waals surface area contributed by atoms with E-state index < -0.39 is 12.0 Å². The van der Waals surface area contributed by atoms with Crippen LogP contribution in [0.5, 0.6) is 0 Å². The summed E-state index contributed by atoms with van der Waals surface area (Å²) in [7, 11) is 0. The zero-order chi connectivity index (χ0) is 14.4. The fourth-order valence-electron chi connectivity index (χ4n) is 1.39. The van der Waals surface area contributed by atoms with Crippen molar-refractivity contribution in [2.24, 2.45) is 0 Å². The van der Waals surface area contributed by atoms with E-state index >= 15 is 0 Å². The van der Waals surface area contributed by atoms with Crippen LogP contribution in [-0.2, 0) is 0 Å². The van der Waals surface area contributed by atoms with Crippen LogP contribution in [0.15, 0.2) is 18.2 Å². The van der Waals surface area contributed by atoms with Gasteiger partial charge in [-0.15, -0.1) is 12.3 Å². The van der Waals surface area contributed by atoms with Crippen LogP contribution in [0.1, 0.15) is 23.7 Å². The summed E-state index contributed by atoms with van der Waals surface area (Å²) in [5.74, 6) is 1.27. The average molecular weight is 281 g/mol. The van der Waals surface area contributed by atoms with Crippen molar-refractivity contribution in [3.8, 4) is 12.3 Å². The Bertz CT molecular complexity index is 537. The molecule has 0 bridgehead atoms. The van der Waals surface area contributed by atoms with Crippen molar-refractivity contribution in [1.82, 2.24) is 5.32 Å². The lowest BCUT2D eigenvalue weighted by Crippen LogP contribution is -2.35. The quantitative estimate of drug-likeness (QED) is 0.742. The monoisotopic (exact) mass is 280 g/mol. The topological polar surface area (TPSA) is 78.4 Å². The average Bonchev–Trinajstić information content (AvgIpc) is 2.31. The highest BCUT2D eigenvalue weighted by atomic mass is 35.5. The third kappa shape index (κ3) is 4.53. The number of urea groups is 1. The van der Waals surface area contributed by atoms with Crippen molar-refractivity contribution in [2.75, 3.05) is 5.32 Å². The number of carbonyl (C=O) groups excluding carboxylic acids is 1. The smallest absolute Gasteiger partial charge is 0.337 e. The highest BCUT2D eigenvalue weighted by Crippen LogP contribution is 2.20. The summed E-state index contributed by atoms with van der Waals surface area (Å²) in [4.78, 5) is 22.5. The number of carboxylic acid groups (broad SMARTS) is 1. The Kier molecular flexibility index (Phi) is 5.22. The van der Waals surface area contributed by atoms with Crippen LogP contribution in [-0.4, -0.2) is 23.1 Å². The van der Waals surface area contributed by atoms with Crippen LogP contribution >= 0.6 is 11.6 Å². The zero-order valence-electron chi connectivity index (χ0n) is 10.2. The minimum Gasteiger partial charge on any atom is -0.478 e. The van der Waals surface area contributed by atoms with Crippen LogP contribution < -0.4 is 10.6 Å². The number of hydrogen-bond acceptors (Lipinski definition) is 2. The zero-order valence-corrected chi connectivity index (χ0v) is 11.0. The van der Waals surface area contributed by atoms with Crippen LogP contribution in [0.25, 0.3) is 0 Å². The molecule has 0 aliphatic rings. The molecule has 5 nitrogen and oxygen atoms in total. The van der Waals surface area contributed by atoms with E-state index in [0.29, 0.717) is 12.1 Å². The molecule has 1 atom stereocenters. The molecule has 0 heterocycles. The number of hydrogen-bond donors (Lipinski definition) is 3. The van der Waals surface area contributed by atoms with Crippen LogP contribution in [0.3, 0.4) is 0 Å². The third-order valence-corrected chi connectivity index (χ3v) is 2.59. The maximum atomic E-state index is 11.6. The van der Waals surface area contributed by atoms with E-state index in [4.69, 9.17) is 23.1 Å². The van der Waals surface area contributed by atoms with Gasteiger partial charge < -0.3 is 15.7 Å². The molecule has 0 saturated carbocycles. The molecule has 0 radical (unpaired) electrons. The summed E-state index contributed by atoms with van der Waals surface area (Å²) in [6.07, 6.45) is 5.54. The minimum atomic E-state index is -1.16. The van der Waals surface area contributed by atoms with Crippen molar-refractivity contribution in [3.63, 3.8) is 0 Å². The van der Waals surface area contributed by atoms with Crippen molar-refractivity contribution >= 4 is 29.3 Å². The number of benzene rings is 1. The molecule has 0 saturated heterocycles. The van der Waals surface area contributed by atoms with Gasteiger partial charge in [0.15, 0.2) is 0 Å². The summed E-state index contributed by atoms with van der Waals surface area (Å²) in [6.45, 7) is 1.77. The van der Waals surface area contributed by atoms with Gasteiger partial charge in [0.2, 0.25) is 0 Å². The molecular weight excluding hydrogens is 268 g/mol. The van der Waals surface area contributed by atoms with Gasteiger partial charge in [-0.3, -0.25) is 0 Å². The molecule has 0 aromatic heterocycles. The molecule has 0 fully saturated rings. The molecule has 19 heavy (non-hydrogen) atoms. The van der Waals surface area contributed by atoms with Gasteiger partial charge in [-0.2, -0.15) is 0 Å².